The van der Waals surface area contributed by atoms with Gasteiger partial charge in [0.15, 0.2) is 0 Å². The van der Waals surface area contributed by atoms with E-state index in [1.165, 1.54) is 57.8 Å². The first kappa shape index (κ1) is 14.7. The first-order valence-electron chi connectivity index (χ1n) is 6.65. The fourth-order valence-corrected chi connectivity index (χ4v) is 1.64. The summed E-state index contributed by atoms with van der Waals surface area (Å²) in [6, 6.07) is 0. The van der Waals surface area contributed by atoms with Crippen molar-refractivity contribution in [3.05, 3.63) is 26.0 Å². The summed E-state index contributed by atoms with van der Waals surface area (Å²) in [5, 5.41) is 0. The normalized spacial score (nSPS) is 11.3. The monoisotopic (exact) mass is 208 g/mol. The lowest BCUT2D eigenvalue weighted by Crippen LogP contribution is -1.77. The third-order valence-corrected chi connectivity index (χ3v) is 2.66. The molecule has 0 nitrogen and oxygen atoms in total. The van der Waals surface area contributed by atoms with Crippen LogP contribution in [-0.4, -0.2) is 0 Å². The maximum absolute atomic E-state index is 3.85. The number of allylic oxidation sites excluding steroid dienone is 2. The second-order valence-electron chi connectivity index (χ2n) is 4.23. The van der Waals surface area contributed by atoms with E-state index in [1.54, 1.807) is 0 Å². The van der Waals surface area contributed by atoms with Gasteiger partial charge in [0.1, 0.15) is 0 Å². The Labute approximate surface area is 97.2 Å². The van der Waals surface area contributed by atoms with Gasteiger partial charge in [-0.25, -0.2) is 0 Å². The third kappa shape index (κ3) is 13.7. The molecule has 88 valence electrons. The highest BCUT2D eigenvalue weighted by Gasteiger charge is 1.87. The summed E-state index contributed by atoms with van der Waals surface area (Å²) in [7, 11) is 0. The minimum atomic E-state index is 1.09. The van der Waals surface area contributed by atoms with Crippen LogP contribution in [0.1, 0.15) is 70.6 Å². The predicted octanol–water partition coefficient (Wildman–Crippen LogP) is 5.50. The van der Waals surface area contributed by atoms with Gasteiger partial charge in [-0.3, -0.25) is 0 Å². The summed E-state index contributed by atoms with van der Waals surface area (Å²) in [4.78, 5) is 0. The minimum absolute atomic E-state index is 1.09. The smallest absolute Gasteiger partial charge is 0.0351 e. The third-order valence-electron chi connectivity index (χ3n) is 2.66. The van der Waals surface area contributed by atoms with Gasteiger partial charge in [-0.1, -0.05) is 70.9 Å². The average molecular weight is 208 g/mol. The Morgan fingerprint density at radius 3 is 1.40 bits per heavy atom. The Morgan fingerprint density at radius 1 is 0.533 bits per heavy atom. The summed E-state index contributed by atoms with van der Waals surface area (Å²) in [6.07, 6.45) is 18.8. The average Bonchev–Trinajstić information content (AvgIpc) is 2.26. The lowest BCUT2D eigenvalue weighted by Gasteiger charge is -1.96. The molecule has 0 heterocycles. The van der Waals surface area contributed by atoms with E-state index in [4.69, 9.17) is 0 Å². The molecule has 0 fully saturated rings. The molecule has 0 rings (SSSR count). The number of hydrogen-bond donors (Lipinski definition) is 0. The van der Waals surface area contributed by atoms with Crippen molar-refractivity contribution in [2.24, 2.45) is 0 Å². The Bertz CT molecular complexity index is 124. The number of hydrogen-bond acceptors (Lipinski definition) is 0. The van der Waals surface area contributed by atoms with Crippen molar-refractivity contribution in [3.63, 3.8) is 0 Å². The Kier molecular flexibility index (Phi) is 13.5. The molecule has 0 aliphatic carbocycles. The second kappa shape index (κ2) is 13.7. The summed E-state index contributed by atoms with van der Waals surface area (Å²) < 4.78 is 0. The van der Waals surface area contributed by atoms with Crippen LogP contribution in [0, 0.1) is 13.8 Å². The van der Waals surface area contributed by atoms with Crippen molar-refractivity contribution >= 4 is 0 Å². The van der Waals surface area contributed by atoms with Gasteiger partial charge in [-0.05, 0) is 25.7 Å². The van der Waals surface area contributed by atoms with Crippen LogP contribution in [0.15, 0.2) is 12.2 Å². The molecular formula is C15H28. The Morgan fingerprint density at radius 2 is 0.933 bits per heavy atom. The van der Waals surface area contributed by atoms with Crippen LogP contribution in [-0.2, 0) is 0 Å². The van der Waals surface area contributed by atoms with Gasteiger partial charge in [0.2, 0.25) is 0 Å². The van der Waals surface area contributed by atoms with Crippen molar-refractivity contribution in [1.82, 2.24) is 0 Å². The fraction of sp³-hybridized carbons (Fsp3) is 0.733. The lowest BCUT2D eigenvalue weighted by molar-refractivity contribution is 0.650. The van der Waals surface area contributed by atoms with E-state index in [2.05, 4.69) is 26.0 Å². The van der Waals surface area contributed by atoms with Gasteiger partial charge in [0, 0.05) is 0 Å². The quantitative estimate of drug-likeness (QED) is 0.310. The molecule has 0 aromatic heterocycles. The van der Waals surface area contributed by atoms with Gasteiger partial charge in [0.25, 0.3) is 0 Å². The van der Waals surface area contributed by atoms with E-state index in [0.29, 0.717) is 0 Å². The highest BCUT2D eigenvalue weighted by Crippen LogP contribution is 2.07. The summed E-state index contributed by atoms with van der Waals surface area (Å²) in [5.74, 6) is 0. The zero-order valence-electron chi connectivity index (χ0n) is 10.3. The molecule has 0 saturated carbocycles. The maximum Gasteiger partial charge on any atom is -0.0351 e. The molecule has 0 atom stereocenters. The van der Waals surface area contributed by atoms with Gasteiger partial charge in [-0.2, -0.15) is 0 Å². The van der Waals surface area contributed by atoms with Gasteiger partial charge in [-0.15, -0.1) is 0 Å². The standard InChI is InChI=1S/C15H28/c1-3-5-7-9-11-13-15-14-12-10-8-6-4-2/h13,15H,1-12,14H2. The largest absolute Gasteiger partial charge is 0.0885 e. The SMILES string of the molecule is [CH2]CCCCCC=CCCCCCC[CH2]. The van der Waals surface area contributed by atoms with E-state index < -0.39 is 0 Å². The highest BCUT2D eigenvalue weighted by atomic mass is 13.9. The molecule has 0 amide bonds. The molecule has 0 aliphatic rings. The van der Waals surface area contributed by atoms with Crippen LogP contribution < -0.4 is 0 Å². The van der Waals surface area contributed by atoms with Gasteiger partial charge >= 0.3 is 0 Å². The maximum atomic E-state index is 3.85. The molecule has 0 heteroatoms. The van der Waals surface area contributed by atoms with Crippen LogP contribution in [0.5, 0.6) is 0 Å². The molecule has 0 bridgehead atoms. The molecule has 0 aromatic rings. The molecule has 0 saturated heterocycles. The Hall–Kier alpha value is -0.260. The van der Waals surface area contributed by atoms with Gasteiger partial charge < -0.3 is 0 Å². The minimum Gasteiger partial charge on any atom is -0.0885 e. The van der Waals surface area contributed by atoms with Crippen molar-refractivity contribution in [1.29, 1.82) is 0 Å². The lowest BCUT2D eigenvalue weighted by atomic mass is 10.1. The molecule has 0 aliphatic heterocycles. The molecule has 2 radical (unpaired) electrons. The second-order valence-corrected chi connectivity index (χ2v) is 4.23. The molecule has 0 aromatic carbocycles. The van der Waals surface area contributed by atoms with Crippen LogP contribution in [0.4, 0.5) is 0 Å². The van der Waals surface area contributed by atoms with Crippen molar-refractivity contribution in [2.75, 3.05) is 0 Å². The van der Waals surface area contributed by atoms with Gasteiger partial charge in [0.05, 0.1) is 0 Å². The van der Waals surface area contributed by atoms with Crippen LogP contribution in [0.25, 0.3) is 0 Å². The summed E-state index contributed by atoms with van der Waals surface area (Å²) >= 11 is 0. The first-order valence-corrected chi connectivity index (χ1v) is 6.65. The van der Waals surface area contributed by atoms with Crippen molar-refractivity contribution in [2.45, 2.75) is 70.6 Å². The highest BCUT2D eigenvalue weighted by molar-refractivity contribution is 4.81. The van der Waals surface area contributed by atoms with E-state index in [9.17, 15) is 0 Å². The zero-order chi connectivity index (χ0) is 11.2. The van der Waals surface area contributed by atoms with E-state index in [-0.39, 0.29) is 0 Å². The fourth-order valence-electron chi connectivity index (χ4n) is 1.64. The topological polar surface area (TPSA) is 0 Å². The van der Waals surface area contributed by atoms with Crippen LogP contribution in [0.3, 0.4) is 0 Å². The summed E-state index contributed by atoms with van der Waals surface area (Å²) in [6.45, 7) is 7.70. The number of unbranched alkanes of at least 4 members (excludes halogenated alkanes) is 9. The zero-order valence-corrected chi connectivity index (χ0v) is 10.3. The van der Waals surface area contributed by atoms with Crippen molar-refractivity contribution < 1.29 is 0 Å². The molecular weight excluding hydrogens is 180 g/mol. The predicted molar refractivity (Wildman–Crippen MR) is 70.6 cm³/mol. The van der Waals surface area contributed by atoms with Crippen LogP contribution >= 0.6 is 0 Å². The number of rotatable bonds is 11. The summed E-state index contributed by atoms with van der Waals surface area (Å²) in [5.41, 5.74) is 0. The molecule has 0 N–H and O–H groups in total. The van der Waals surface area contributed by atoms with E-state index in [0.717, 1.165) is 12.8 Å². The van der Waals surface area contributed by atoms with Crippen molar-refractivity contribution in [3.8, 4) is 0 Å². The molecule has 0 spiro atoms. The van der Waals surface area contributed by atoms with Crippen LogP contribution in [0.2, 0.25) is 0 Å². The first-order chi connectivity index (χ1) is 7.41. The Balaban J connectivity index is 2.97. The van der Waals surface area contributed by atoms with E-state index >= 15 is 0 Å². The van der Waals surface area contributed by atoms with E-state index in [1.807, 2.05) is 0 Å². The molecule has 0 unspecified atom stereocenters. The molecule has 15 heavy (non-hydrogen) atoms.